The van der Waals surface area contributed by atoms with Crippen molar-refractivity contribution in [1.29, 1.82) is 0 Å². The van der Waals surface area contributed by atoms with Gasteiger partial charge in [-0.15, -0.1) is 0 Å². The van der Waals surface area contributed by atoms with Crippen LogP contribution in [0, 0.1) is 5.92 Å². The lowest BCUT2D eigenvalue weighted by Crippen LogP contribution is -2.03. The van der Waals surface area contributed by atoms with Crippen LogP contribution in [0.4, 0.5) is 0 Å². The molecule has 1 atom stereocenters. The summed E-state index contributed by atoms with van der Waals surface area (Å²) in [5, 5.41) is 9.08. The van der Waals surface area contributed by atoms with E-state index in [2.05, 4.69) is 13.8 Å². The van der Waals surface area contributed by atoms with E-state index in [0.717, 1.165) is 12.3 Å². The van der Waals surface area contributed by atoms with Gasteiger partial charge in [-0.05, 0) is 12.3 Å². The van der Waals surface area contributed by atoms with Crippen LogP contribution in [0.5, 0.6) is 0 Å². The van der Waals surface area contributed by atoms with Crippen LogP contribution in [0.1, 0.15) is 90.9 Å². The highest BCUT2D eigenvalue weighted by Crippen LogP contribution is 2.21. The number of aliphatic hydroxyl groups is 1. The number of aliphatic hydroxyl groups excluding tert-OH is 1. The van der Waals surface area contributed by atoms with Crippen LogP contribution in [0.15, 0.2) is 0 Å². The Bertz CT molecular complexity index is 133. The molecule has 0 bridgehead atoms. The third-order valence-corrected chi connectivity index (χ3v) is 3.72. The Hall–Kier alpha value is -0.0400. The van der Waals surface area contributed by atoms with Gasteiger partial charge in [0.05, 0.1) is 0 Å². The summed E-state index contributed by atoms with van der Waals surface area (Å²) in [6.07, 6.45) is 16.1. The molecular weight excluding hydrogens is 208 g/mol. The van der Waals surface area contributed by atoms with Gasteiger partial charge in [-0.1, -0.05) is 84.5 Å². The average molecular weight is 242 g/mol. The first-order valence-corrected chi connectivity index (χ1v) is 7.96. The molecule has 0 unspecified atom stereocenters. The molecule has 0 heterocycles. The summed E-state index contributed by atoms with van der Waals surface area (Å²) in [4.78, 5) is 0. The van der Waals surface area contributed by atoms with Crippen LogP contribution in [-0.2, 0) is 0 Å². The first-order chi connectivity index (χ1) is 8.35. The predicted molar refractivity (Wildman–Crippen MR) is 77.3 cm³/mol. The molecule has 1 N–H and O–H groups in total. The third kappa shape index (κ3) is 12.2. The van der Waals surface area contributed by atoms with Gasteiger partial charge in [0.25, 0.3) is 0 Å². The zero-order valence-corrected chi connectivity index (χ0v) is 12.2. The monoisotopic (exact) mass is 242 g/mol. The van der Waals surface area contributed by atoms with Gasteiger partial charge in [0.15, 0.2) is 0 Å². The molecule has 17 heavy (non-hydrogen) atoms. The van der Waals surface area contributed by atoms with Gasteiger partial charge < -0.3 is 5.11 Å². The summed E-state index contributed by atoms with van der Waals surface area (Å²) in [6, 6.07) is 0. The minimum Gasteiger partial charge on any atom is -0.396 e. The van der Waals surface area contributed by atoms with Crippen LogP contribution in [0.2, 0.25) is 0 Å². The lowest BCUT2D eigenvalue weighted by molar-refractivity contribution is 0.241. The Morgan fingerprint density at radius 3 is 1.59 bits per heavy atom. The molecule has 0 aromatic rings. The van der Waals surface area contributed by atoms with Gasteiger partial charge in [0, 0.05) is 6.61 Å². The van der Waals surface area contributed by atoms with Crippen molar-refractivity contribution in [3.05, 3.63) is 0 Å². The number of unbranched alkanes of at least 4 members (excludes halogenated alkanes) is 7. The fraction of sp³-hybridized carbons (Fsp3) is 1.00. The van der Waals surface area contributed by atoms with Crippen LogP contribution < -0.4 is 0 Å². The molecule has 0 aromatic carbocycles. The Morgan fingerprint density at radius 1 is 0.647 bits per heavy atom. The van der Waals surface area contributed by atoms with Gasteiger partial charge in [-0.3, -0.25) is 0 Å². The second-order valence-corrected chi connectivity index (χ2v) is 5.43. The lowest BCUT2D eigenvalue weighted by Gasteiger charge is -2.15. The van der Waals surface area contributed by atoms with Crippen LogP contribution in [0.25, 0.3) is 0 Å². The maximum Gasteiger partial charge on any atom is 0.0433 e. The molecule has 0 amide bonds. The van der Waals surface area contributed by atoms with Gasteiger partial charge in [-0.2, -0.15) is 0 Å². The van der Waals surface area contributed by atoms with Crippen molar-refractivity contribution < 1.29 is 5.11 Å². The van der Waals surface area contributed by atoms with Crippen molar-refractivity contribution in [2.75, 3.05) is 6.61 Å². The molecule has 1 nitrogen and oxygen atoms in total. The van der Waals surface area contributed by atoms with Gasteiger partial charge in [0.1, 0.15) is 0 Å². The molecule has 0 spiro atoms. The molecule has 0 fully saturated rings. The largest absolute Gasteiger partial charge is 0.396 e. The van der Waals surface area contributed by atoms with Crippen molar-refractivity contribution in [3.8, 4) is 0 Å². The second-order valence-electron chi connectivity index (χ2n) is 5.43. The van der Waals surface area contributed by atoms with E-state index in [1.54, 1.807) is 0 Å². The summed E-state index contributed by atoms with van der Waals surface area (Å²) in [5.41, 5.74) is 0. The SMILES string of the molecule is CCCCCCC[C@H](CCO)CCCCCC. The Kier molecular flexibility index (Phi) is 14.0. The third-order valence-electron chi connectivity index (χ3n) is 3.72. The highest BCUT2D eigenvalue weighted by Gasteiger charge is 2.07. The Labute approximate surface area is 109 Å². The van der Waals surface area contributed by atoms with E-state index in [1.165, 1.54) is 70.6 Å². The zero-order valence-electron chi connectivity index (χ0n) is 12.2. The topological polar surface area (TPSA) is 20.2 Å². The predicted octanol–water partition coefficient (Wildman–Crippen LogP) is 5.32. The maximum absolute atomic E-state index is 9.08. The summed E-state index contributed by atoms with van der Waals surface area (Å²) in [7, 11) is 0. The van der Waals surface area contributed by atoms with E-state index < -0.39 is 0 Å². The highest BCUT2D eigenvalue weighted by atomic mass is 16.3. The summed E-state index contributed by atoms with van der Waals surface area (Å²) < 4.78 is 0. The Morgan fingerprint density at radius 2 is 1.12 bits per heavy atom. The first-order valence-electron chi connectivity index (χ1n) is 7.96. The Balaban J connectivity index is 3.45. The number of rotatable bonds is 13. The molecule has 0 aliphatic rings. The van der Waals surface area contributed by atoms with E-state index in [4.69, 9.17) is 5.11 Å². The maximum atomic E-state index is 9.08. The van der Waals surface area contributed by atoms with Crippen molar-refractivity contribution >= 4 is 0 Å². The van der Waals surface area contributed by atoms with E-state index in [9.17, 15) is 0 Å². The summed E-state index contributed by atoms with van der Waals surface area (Å²) >= 11 is 0. The van der Waals surface area contributed by atoms with E-state index >= 15 is 0 Å². The van der Waals surface area contributed by atoms with Crippen molar-refractivity contribution in [3.63, 3.8) is 0 Å². The van der Waals surface area contributed by atoms with E-state index in [1.807, 2.05) is 0 Å². The molecule has 0 saturated carbocycles. The van der Waals surface area contributed by atoms with E-state index in [-0.39, 0.29) is 0 Å². The van der Waals surface area contributed by atoms with Crippen LogP contribution in [0.3, 0.4) is 0 Å². The molecule has 0 rings (SSSR count). The lowest BCUT2D eigenvalue weighted by atomic mass is 9.92. The molecule has 0 aliphatic heterocycles. The van der Waals surface area contributed by atoms with Crippen molar-refractivity contribution in [2.45, 2.75) is 90.9 Å². The zero-order chi connectivity index (χ0) is 12.8. The van der Waals surface area contributed by atoms with E-state index in [0.29, 0.717) is 6.61 Å². The summed E-state index contributed by atoms with van der Waals surface area (Å²) in [6.45, 7) is 4.91. The first kappa shape index (κ1) is 17.0. The van der Waals surface area contributed by atoms with Crippen molar-refractivity contribution in [1.82, 2.24) is 0 Å². The normalized spacial score (nSPS) is 12.9. The average Bonchev–Trinajstić information content (AvgIpc) is 2.34. The van der Waals surface area contributed by atoms with Crippen LogP contribution in [-0.4, -0.2) is 11.7 Å². The molecule has 0 radical (unpaired) electrons. The number of hydrogen-bond donors (Lipinski definition) is 1. The molecular formula is C16H34O. The van der Waals surface area contributed by atoms with Crippen LogP contribution >= 0.6 is 0 Å². The van der Waals surface area contributed by atoms with Gasteiger partial charge >= 0.3 is 0 Å². The highest BCUT2D eigenvalue weighted by molar-refractivity contribution is 4.60. The molecule has 0 saturated heterocycles. The fourth-order valence-electron chi connectivity index (χ4n) is 2.51. The van der Waals surface area contributed by atoms with Gasteiger partial charge in [-0.25, -0.2) is 0 Å². The minimum absolute atomic E-state index is 0.382. The quantitative estimate of drug-likeness (QED) is 0.434. The minimum atomic E-state index is 0.382. The molecule has 104 valence electrons. The van der Waals surface area contributed by atoms with Gasteiger partial charge in [0.2, 0.25) is 0 Å². The molecule has 1 heteroatoms. The van der Waals surface area contributed by atoms with Crippen molar-refractivity contribution in [2.24, 2.45) is 5.92 Å². The standard InChI is InChI=1S/C16H34O/c1-3-5-7-9-11-13-16(14-15-17)12-10-8-6-4-2/h16-17H,3-15H2,1-2H3/t16-/m1/s1. The number of hydrogen-bond acceptors (Lipinski definition) is 1. The molecule has 0 aromatic heterocycles. The summed E-state index contributed by atoms with van der Waals surface area (Å²) in [5.74, 6) is 0.790. The second kappa shape index (κ2) is 14.0. The molecule has 0 aliphatic carbocycles. The smallest absolute Gasteiger partial charge is 0.0433 e. The fourth-order valence-corrected chi connectivity index (χ4v) is 2.51.